The Bertz CT molecular complexity index is 542. The smallest absolute Gasteiger partial charge is 0.335 e. The average Bonchev–Trinajstić information content (AvgIpc) is 2.86. The van der Waals surface area contributed by atoms with Crippen LogP contribution in [0.4, 0.5) is 0 Å². The summed E-state index contributed by atoms with van der Waals surface area (Å²) in [5.74, 6) is -1.31. The maximum absolute atomic E-state index is 11.8. The average molecular weight is 276 g/mol. The Morgan fingerprint density at radius 3 is 2.75 bits per heavy atom. The second kappa shape index (κ2) is 6.18. The predicted octanol–water partition coefficient (Wildman–Crippen LogP) is 0.322. The topological polar surface area (TPSA) is 95.5 Å². The molecule has 3 N–H and O–H groups in total. The molecule has 1 saturated heterocycles. The van der Waals surface area contributed by atoms with Crippen molar-refractivity contribution in [1.82, 2.24) is 10.6 Å². The molecule has 1 aliphatic rings. The summed E-state index contributed by atoms with van der Waals surface area (Å²) >= 11 is 0. The van der Waals surface area contributed by atoms with Crippen LogP contribution in [0.2, 0.25) is 0 Å². The van der Waals surface area contributed by atoms with Crippen LogP contribution in [0.1, 0.15) is 28.8 Å². The molecule has 1 aliphatic heterocycles. The van der Waals surface area contributed by atoms with Crippen LogP contribution in [0.15, 0.2) is 24.3 Å². The van der Waals surface area contributed by atoms with Gasteiger partial charge in [0.2, 0.25) is 11.8 Å². The fourth-order valence-electron chi connectivity index (χ4n) is 2.20. The van der Waals surface area contributed by atoms with Gasteiger partial charge in [0, 0.05) is 13.0 Å². The number of carboxylic acid groups (broad SMARTS) is 1. The molecule has 20 heavy (non-hydrogen) atoms. The number of amides is 2. The van der Waals surface area contributed by atoms with Gasteiger partial charge in [-0.1, -0.05) is 18.2 Å². The van der Waals surface area contributed by atoms with Crippen molar-refractivity contribution in [3.8, 4) is 0 Å². The fourth-order valence-corrected chi connectivity index (χ4v) is 2.20. The van der Waals surface area contributed by atoms with E-state index in [-0.39, 0.29) is 17.4 Å². The first-order chi connectivity index (χ1) is 9.58. The van der Waals surface area contributed by atoms with E-state index in [0.29, 0.717) is 31.4 Å². The SMILES string of the molecule is O=C1CC[C@H](C(=O)NCCc2ccccc2C(=O)O)N1. The van der Waals surface area contributed by atoms with Gasteiger partial charge in [-0.25, -0.2) is 4.79 Å². The fraction of sp³-hybridized carbons (Fsp3) is 0.357. The van der Waals surface area contributed by atoms with Gasteiger partial charge in [-0.2, -0.15) is 0 Å². The van der Waals surface area contributed by atoms with Crippen molar-refractivity contribution in [2.24, 2.45) is 0 Å². The zero-order chi connectivity index (χ0) is 14.5. The molecule has 2 amide bonds. The van der Waals surface area contributed by atoms with Gasteiger partial charge >= 0.3 is 5.97 Å². The largest absolute Gasteiger partial charge is 0.478 e. The van der Waals surface area contributed by atoms with Crippen LogP contribution in [0.25, 0.3) is 0 Å². The molecule has 0 spiro atoms. The minimum absolute atomic E-state index is 0.110. The summed E-state index contributed by atoms with van der Waals surface area (Å²) in [7, 11) is 0. The number of rotatable bonds is 5. The Hall–Kier alpha value is -2.37. The van der Waals surface area contributed by atoms with Crippen LogP contribution in [0.3, 0.4) is 0 Å². The Kier molecular flexibility index (Phi) is 4.34. The summed E-state index contributed by atoms with van der Waals surface area (Å²) in [5.41, 5.74) is 0.923. The molecule has 1 heterocycles. The van der Waals surface area contributed by atoms with Crippen molar-refractivity contribution in [2.45, 2.75) is 25.3 Å². The van der Waals surface area contributed by atoms with Gasteiger partial charge in [-0.15, -0.1) is 0 Å². The van der Waals surface area contributed by atoms with Gasteiger partial charge in [0.1, 0.15) is 6.04 Å². The highest BCUT2D eigenvalue weighted by Crippen LogP contribution is 2.10. The number of hydrogen-bond donors (Lipinski definition) is 3. The van der Waals surface area contributed by atoms with Crippen molar-refractivity contribution in [3.63, 3.8) is 0 Å². The third-order valence-electron chi connectivity index (χ3n) is 3.25. The standard InChI is InChI=1S/C14H16N2O4/c17-12-6-5-11(16-12)13(18)15-8-7-9-3-1-2-4-10(9)14(19)20/h1-4,11H,5-8H2,(H,15,18)(H,16,17)(H,19,20)/t11-/m1/s1. The van der Waals surface area contributed by atoms with Gasteiger partial charge in [0.25, 0.3) is 0 Å². The molecule has 1 atom stereocenters. The van der Waals surface area contributed by atoms with Crippen molar-refractivity contribution in [3.05, 3.63) is 35.4 Å². The maximum Gasteiger partial charge on any atom is 0.335 e. The highest BCUT2D eigenvalue weighted by atomic mass is 16.4. The summed E-state index contributed by atoms with van der Waals surface area (Å²) in [4.78, 5) is 33.8. The second-order valence-electron chi connectivity index (χ2n) is 4.66. The number of nitrogens with one attached hydrogen (secondary N) is 2. The van der Waals surface area contributed by atoms with E-state index in [2.05, 4.69) is 10.6 Å². The first kappa shape index (κ1) is 14.0. The third kappa shape index (κ3) is 3.34. The lowest BCUT2D eigenvalue weighted by Gasteiger charge is -2.11. The number of carboxylic acids is 1. The quantitative estimate of drug-likeness (QED) is 0.722. The summed E-state index contributed by atoms with van der Waals surface area (Å²) in [6.07, 6.45) is 1.32. The molecule has 6 heteroatoms. The predicted molar refractivity (Wildman–Crippen MR) is 71.3 cm³/mol. The summed E-state index contributed by atoms with van der Waals surface area (Å²) in [6.45, 7) is 0.343. The number of hydrogen-bond acceptors (Lipinski definition) is 3. The van der Waals surface area contributed by atoms with E-state index in [9.17, 15) is 14.4 Å². The summed E-state index contributed by atoms with van der Waals surface area (Å²) in [6, 6.07) is 6.24. The first-order valence-corrected chi connectivity index (χ1v) is 6.46. The minimum atomic E-state index is -0.977. The monoisotopic (exact) mass is 276 g/mol. The molecule has 0 aromatic heterocycles. The van der Waals surface area contributed by atoms with E-state index < -0.39 is 12.0 Å². The summed E-state index contributed by atoms with van der Waals surface area (Å²) in [5, 5.41) is 14.3. The van der Waals surface area contributed by atoms with E-state index in [1.807, 2.05) is 0 Å². The molecular weight excluding hydrogens is 260 g/mol. The second-order valence-corrected chi connectivity index (χ2v) is 4.66. The zero-order valence-electron chi connectivity index (χ0n) is 10.9. The molecule has 1 aromatic carbocycles. The van der Waals surface area contributed by atoms with Crippen LogP contribution in [-0.2, 0) is 16.0 Å². The van der Waals surface area contributed by atoms with Crippen LogP contribution < -0.4 is 10.6 Å². The normalized spacial score (nSPS) is 17.6. The highest BCUT2D eigenvalue weighted by molar-refractivity contribution is 5.91. The molecule has 2 rings (SSSR count). The van der Waals surface area contributed by atoms with E-state index in [1.54, 1.807) is 18.2 Å². The highest BCUT2D eigenvalue weighted by Gasteiger charge is 2.26. The molecule has 0 unspecified atom stereocenters. The van der Waals surface area contributed by atoms with Gasteiger partial charge in [-0.3, -0.25) is 9.59 Å². The Morgan fingerprint density at radius 2 is 2.10 bits per heavy atom. The van der Waals surface area contributed by atoms with Crippen LogP contribution in [0, 0.1) is 0 Å². The zero-order valence-corrected chi connectivity index (χ0v) is 10.9. The Morgan fingerprint density at radius 1 is 1.35 bits per heavy atom. The van der Waals surface area contributed by atoms with Crippen LogP contribution in [0.5, 0.6) is 0 Å². The molecular formula is C14H16N2O4. The van der Waals surface area contributed by atoms with Crippen molar-refractivity contribution in [1.29, 1.82) is 0 Å². The van der Waals surface area contributed by atoms with E-state index >= 15 is 0 Å². The number of carbonyl (C=O) groups excluding carboxylic acids is 2. The third-order valence-corrected chi connectivity index (χ3v) is 3.25. The summed E-state index contributed by atoms with van der Waals surface area (Å²) < 4.78 is 0. The molecule has 0 aliphatic carbocycles. The molecule has 1 aromatic rings. The minimum Gasteiger partial charge on any atom is -0.478 e. The number of benzene rings is 1. The first-order valence-electron chi connectivity index (χ1n) is 6.46. The maximum atomic E-state index is 11.8. The van der Waals surface area contributed by atoms with Crippen LogP contribution in [-0.4, -0.2) is 35.5 Å². The molecule has 0 saturated carbocycles. The molecule has 0 radical (unpaired) electrons. The van der Waals surface area contributed by atoms with Crippen LogP contribution >= 0.6 is 0 Å². The lowest BCUT2D eigenvalue weighted by molar-refractivity contribution is -0.125. The van der Waals surface area contributed by atoms with Gasteiger partial charge in [-0.05, 0) is 24.5 Å². The van der Waals surface area contributed by atoms with Crippen molar-refractivity contribution < 1.29 is 19.5 Å². The van der Waals surface area contributed by atoms with Gasteiger partial charge < -0.3 is 15.7 Å². The van der Waals surface area contributed by atoms with Crippen molar-refractivity contribution >= 4 is 17.8 Å². The molecule has 6 nitrogen and oxygen atoms in total. The van der Waals surface area contributed by atoms with E-state index in [4.69, 9.17) is 5.11 Å². The van der Waals surface area contributed by atoms with Crippen molar-refractivity contribution in [2.75, 3.05) is 6.54 Å². The molecule has 1 fully saturated rings. The van der Waals surface area contributed by atoms with E-state index in [0.717, 1.165) is 0 Å². The van der Waals surface area contributed by atoms with Gasteiger partial charge in [0.15, 0.2) is 0 Å². The van der Waals surface area contributed by atoms with E-state index in [1.165, 1.54) is 6.07 Å². The lowest BCUT2D eigenvalue weighted by Crippen LogP contribution is -2.42. The van der Waals surface area contributed by atoms with Gasteiger partial charge in [0.05, 0.1) is 5.56 Å². The Labute approximate surface area is 116 Å². The number of carbonyl (C=O) groups is 3. The molecule has 106 valence electrons. The Balaban J connectivity index is 1.85. The lowest BCUT2D eigenvalue weighted by atomic mass is 10.0. The number of aromatic carboxylic acids is 1. The molecule has 0 bridgehead atoms.